The minimum Gasteiger partial charge on any atom is -0.0817 e. The second kappa shape index (κ2) is 5.01. The van der Waals surface area contributed by atoms with E-state index in [9.17, 15) is 0 Å². The van der Waals surface area contributed by atoms with E-state index >= 15 is 0 Å². The maximum Gasteiger partial charge on any atom is -0.0135 e. The first-order valence-corrected chi connectivity index (χ1v) is 5.94. The van der Waals surface area contributed by atoms with Gasteiger partial charge < -0.3 is 0 Å². The molecule has 88 valence electrons. The summed E-state index contributed by atoms with van der Waals surface area (Å²) in [5.41, 5.74) is 1.92. The summed E-state index contributed by atoms with van der Waals surface area (Å²) in [6.07, 6.45) is 6.95. The Balaban J connectivity index is 5.01. The molecule has 0 amide bonds. The molecule has 0 heteroatoms. The molecule has 0 aliphatic rings. The van der Waals surface area contributed by atoms with Crippen LogP contribution >= 0.6 is 0 Å². The lowest BCUT2D eigenvalue weighted by molar-refractivity contribution is 0.481. The Bertz CT molecular complexity index is 238. The summed E-state index contributed by atoms with van der Waals surface area (Å²) in [4.78, 5) is 0. The highest BCUT2D eigenvalue weighted by molar-refractivity contribution is 5.26. The Morgan fingerprint density at radius 1 is 0.933 bits per heavy atom. The van der Waals surface area contributed by atoms with Crippen molar-refractivity contribution in [2.45, 2.75) is 55.4 Å². The molecule has 0 aromatic carbocycles. The quantitative estimate of drug-likeness (QED) is 0.546. The van der Waals surface area contributed by atoms with Gasteiger partial charge in [-0.1, -0.05) is 73.6 Å². The molecule has 0 unspecified atom stereocenters. The molecule has 0 aromatic rings. The molecule has 0 spiro atoms. The first kappa shape index (κ1) is 14.5. The lowest BCUT2D eigenvalue weighted by Gasteiger charge is -2.25. The highest BCUT2D eigenvalue weighted by Gasteiger charge is 2.17. The monoisotopic (exact) mass is 208 g/mol. The zero-order chi connectivity index (χ0) is 12.3. The van der Waals surface area contributed by atoms with Crippen LogP contribution in [0.15, 0.2) is 23.8 Å². The molecule has 0 fully saturated rings. The third kappa shape index (κ3) is 7.41. The standard InChI is InChI=1S/C15H28/c1-12(2)9-10-13(15(6,7)8)11-14(3,4)5/h9-12H,1-8H3/b10-9-,13-11+. The highest BCUT2D eigenvalue weighted by Crippen LogP contribution is 2.31. The third-order valence-electron chi connectivity index (χ3n) is 2.12. The average Bonchev–Trinajstić information content (AvgIpc) is 1.93. The van der Waals surface area contributed by atoms with Crippen LogP contribution in [-0.4, -0.2) is 0 Å². The minimum absolute atomic E-state index is 0.235. The maximum absolute atomic E-state index is 2.38. The van der Waals surface area contributed by atoms with Gasteiger partial charge >= 0.3 is 0 Å². The molecule has 15 heavy (non-hydrogen) atoms. The maximum atomic E-state index is 2.38. The largest absolute Gasteiger partial charge is 0.0817 e. The third-order valence-corrected chi connectivity index (χ3v) is 2.12. The second-order valence-corrected chi connectivity index (χ2v) is 6.82. The molecule has 0 atom stereocenters. The van der Waals surface area contributed by atoms with Gasteiger partial charge in [-0.05, 0) is 22.3 Å². The van der Waals surface area contributed by atoms with E-state index in [2.05, 4.69) is 73.6 Å². The molecule has 0 bridgehead atoms. The van der Waals surface area contributed by atoms with Crippen LogP contribution in [0.2, 0.25) is 0 Å². The number of hydrogen-bond donors (Lipinski definition) is 0. The van der Waals surface area contributed by atoms with Crippen molar-refractivity contribution in [2.24, 2.45) is 16.7 Å². The Morgan fingerprint density at radius 3 is 1.67 bits per heavy atom. The molecule has 0 aliphatic carbocycles. The first-order valence-electron chi connectivity index (χ1n) is 5.94. The summed E-state index contributed by atoms with van der Waals surface area (Å²) in [6, 6.07) is 0. The normalized spacial score (nSPS) is 15.4. The zero-order valence-corrected chi connectivity index (χ0v) is 11.8. The van der Waals surface area contributed by atoms with E-state index in [1.165, 1.54) is 5.57 Å². The highest BCUT2D eigenvalue weighted by atomic mass is 14.2. The lowest BCUT2D eigenvalue weighted by Crippen LogP contribution is -2.12. The van der Waals surface area contributed by atoms with Crippen molar-refractivity contribution in [3.63, 3.8) is 0 Å². The first-order chi connectivity index (χ1) is 6.52. The fourth-order valence-electron chi connectivity index (χ4n) is 1.28. The van der Waals surface area contributed by atoms with Gasteiger partial charge in [-0.25, -0.2) is 0 Å². The molecule has 0 heterocycles. The molecular weight excluding hydrogens is 180 g/mol. The molecule has 0 saturated heterocycles. The van der Waals surface area contributed by atoms with Gasteiger partial charge in [0.25, 0.3) is 0 Å². The van der Waals surface area contributed by atoms with Gasteiger partial charge in [-0.2, -0.15) is 0 Å². The predicted octanol–water partition coefficient (Wildman–Crippen LogP) is 5.22. The van der Waals surface area contributed by atoms with Crippen LogP contribution in [0.3, 0.4) is 0 Å². The van der Waals surface area contributed by atoms with Gasteiger partial charge in [0, 0.05) is 0 Å². The van der Waals surface area contributed by atoms with E-state index in [0.717, 1.165) is 0 Å². The molecule has 0 radical (unpaired) electrons. The lowest BCUT2D eigenvalue weighted by atomic mass is 9.81. The number of rotatable bonds is 2. The minimum atomic E-state index is 0.235. The molecule has 0 aromatic heterocycles. The Kier molecular flexibility index (Phi) is 4.83. The van der Waals surface area contributed by atoms with Crippen LogP contribution in [0.4, 0.5) is 0 Å². The SMILES string of the molecule is CC(C)/C=C\C(=C/C(C)(C)C)C(C)(C)C. The van der Waals surface area contributed by atoms with Gasteiger partial charge in [-0.3, -0.25) is 0 Å². The Morgan fingerprint density at radius 2 is 1.40 bits per heavy atom. The van der Waals surface area contributed by atoms with E-state index in [-0.39, 0.29) is 10.8 Å². The van der Waals surface area contributed by atoms with Crippen LogP contribution in [0.5, 0.6) is 0 Å². The van der Waals surface area contributed by atoms with Crippen molar-refractivity contribution in [3.8, 4) is 0 Å². The molecule has 0 rings (SSSR count). The van der Waals surface area contributed by atoms with Gasteiger partial charge in [-0.15, -0.1) is 0 Å². The smallest absolute Gasteiger partial charge is 0.0135 e. The van der Waals surface area contributed by atoms with Crippen molar-refractivity contribution in [1.29, 1.82) is 0 Å². The fraction of sp³-hybridized carbons (Fsp3) is 0.733. The van der Waals surface area contributed by atoms with Gasteiger partial charge in [0.2, 0.25) is 0 Å². The van der Waals surface area contributed by atoms with Crippen molar-refractivity contribution in [1.82, 2.24) is 0 Å². The van der Waals surface area contributed by atoms with E-state index in [1.807, 2.05) is 0 Å². The van der Waals surface area contributed by atoms with Gasteiger partial charge in [0.05, 0.1) is 0 Å². The number of hydrogen-bond acceptors (Lipinski definition) is 0. The molecule has 0 nitrogen and oxygen atoms in total. The second-order valence-electron chi connectivity index (χ2n) is 6.82. The summed E-state index contributed by atoms with van der Waals surface area (Å²) >= 11 is 0. The van der Waals surface area contributed by atoms with Gasteiger partial charge in [0.15, 0.2) is 0 Å². The molecule has 0 aliphatic heterocycles. The molecule has 0 N–H and O–H groups in total. The van der Waals surface area contributed by atoms with Crippen LogP contribution < -0.4 is 0 Å². The fourth-order valence-corrected chi connectivity index (χ4v) is 1.28. The van der Waals surface area contributed by atoms with Crippen LogP contribution in [0.1, 0.15) is 55.4 Å². The van der Waals surface area contributed by atoms with Gasteiger partial charge in [0.1, 0.15) is 0 Å². The van der Waals surface area contributed by atoms with Crippen LogP contribution in [-0.2, 0) is 0 Å². The summed E-state index contributed by atoms with van der Waals surface area (Å²) in [5, 5.41) is 0. The Labute approximate surface area is 96.5 Å². The summed E-state index contributed by atoms with van der Waals surface area (Å²) in [5.74, 6) is 0.621. The van der Waals surface area contributed by atoms with Crippen molar-refractivity contribution in [3.05, 3.63) is 23.8 Å². The average molecular weight is 208 g/mol. The van der Waals surface area contributed by atoms with Crippen LogP contribution in [0, 0.1) is 16.7 Å². The zero-order valence-electron chi connectivity index (χ0n) is 11.8. The molecular formula is C15H28. The van der Waals surface area contributed by atoms with E-state index in [1.54, 1.807) is 0 Å². The summed E-state index contributed by atoms with van der Waals surface area (Å²) in [7, 11) is 0. The van der Waals surface area contributed by atoms with E-state index in [0.29, 0.717) is 5.92 Å². The van der Waals surface area contributed by atoms with Crippen molar-refractivity contribution in [2.75, 3.05) is 0 Å². The summed E-state index contributed by atoms with van der Waals surface area (Å²) < 4.78 is 0. The van der Waals surface area contributed by atoms with Crippen LogP contribution in [0.25, 0.3) is 0 Å². The van der Waals surface area contributed by atoms with Crippen molar-refractivity contribution >= 4 is 0 Å². The summed E-state index contributed by atoms with van der Waals surface area (Å²) in [6.45, 7) is 18.0. The van der Waals surface area contributed by atoms with Crippen molar-refractivity contribution < 1.29 is 0 Å². The molecule has 0 saturated carbocycles. The topological polar surface area (TPSA) is 0 Å². The van der Waals surface area contributed by atoms with E-state index < -0.39 is 0 Å². The Hall–Kier alpha value is -0.520. The van der Waals surface area contributed by atoms with E-state index in [4.69, 9.17) is 0 Å². The number of allylic oxidation sites excluding steroid dienone is 4. The predicted molar refractivity (Wildman–Crippen MR) is 71.0 cm³/mol.